The molecule has 1 saturated heterocycles. The van der Waals surface area contributed by atoms with Crippen LogP contribution >= 0.6 is 0 Å². The summed E-state index contributed by atoms with van der Waals surface area (Å²) in [5.41, 5.74) is 3.67. The quantitative estimate of drug-likeness (QED) is 0.734. The SMILES string of the molecule is COc1ccc(CCCC2(C)NC(=O)N(Cc3ccc(C)c(C)c3)C2=O)cc1. The molecule has 1 aliphatic heterocycles. The van der Waals surface area contributed by atoms with Gasteiger partial charge in [0.2, 0.25) is 0 Å². The van der Waals surface area contributed by atoms with Gasteiger partial charge in [0.05, 0.1) is 13.7 Å². The van der Waals surface area contributed by atoms with Crippen LogP contribution in [0.1, 0.15) is 42.0 Å². The van der Waals surface area contributed by atoms with Gasteiger partial charge in [-0.3, -0.25) is 9.69 Å². The lowest BCUT2D eigenvalue weighted by Gasteiger charge is -2.21. The molecule has 1 heterocycles. The number of hydrogen-bond donors (Lipinski definition) is 1. The van der Waals surface area contributed by atoms with Crippen molar-refractivity contribution < 1.29 is 14.3 Å². The molecular weight excluding hydrogens is 352 g/mol. The van der Waals surface area contributed by atoms with E-state index in [1.54, 1.807) is 7.11 Å². The van der Waals surface area contributed by atoms with Crippen LogP contribution in [0.2, 0.25) is 0 Å². The van der Waals surface area contributed by atoms with Gasteiger partial charge in [0.15, 0.2) is 0 Å². The maximum Gasteiger partial charge on any atom is 0.325 e. The Balaban J connectivity index is 1.61. The lowest BCUT2D eigenvalue weighted by molar-refractivity contribution is -0.131. The first-order chi connectivity index (χ1) is 13.3. The number of carbonyl (C=O) groups excluding carboxylic acids is 2. The van der Waals surface area contributed by atoms with E-state index >= 15 is 0 Å². The minimum absolute atomic E-state index is 0.148. The predicted molar refractivity (Wildman–Crippen MR) is 109 cm³/mol. The molecule has 1 atom stereocenters. The molecule has 3 rings (SSSR count). The third kappa shape index (κ3) is 4.19. The van der Waals surface area contributed by atoms with E-state index in [0.717, 1.165) is 29.7 Å². The molecule has 2 aromatic rings. The van der Waals surface area contributed by atoms with Crippen molar-refractivity contribution in [2.75, 3.05) is 7.11 Å². The van der Waals surface area contributed by atoms with Crippen LogP contribution in [-0.2, 0) is 17.8 Å². The Morgan fingerprint density at radius 3 is 2.32 bits per heavy atom. The summed E-state index contributed by atoms with van der Waals surface area (Å²) in [5, 5.41) is 2.90. The maximum atomic E-state index is 12.9. The summed E-state index contributed by atoms with van der Waals surface area (Å²) < 4.78 is 5.17. The number of amides is 3. The van der Waals surface area contributed by atoms with Gasteiger partial charge in [-0.25, -0.2) is 4.79 Å². The predicted octanol–water partition coefficient (Wildman–Crippen LogP) is 4.15. The number of hydrogen-bond acceptors (Lipinski definition) is 3. The summed E-state index contributed by atoms with van der Waals surface area (Å²) in [5.74, 6) is 0.682. The van der Waals surface area contributed by atoms with Gasteiger partial charge >= 0.3 is 6.03 Å². The van der Waals surface area contributed by atoms with E-state index in [1.165, 1.54) is 16.0 Å². The maximum absolute atomic E-state index is 12.9. The van der Waals surface area contributed by atoms with Crippen molar-refractivity contribution in [3.63, 3.8) is 0 Å². The molecule has 1 N–H and O–H groups in total. The second-order valence-electron chi connectivity index (χ2n) is 7.77. The Labute approximate surface area is 166 Å². The number of nitrogens with one attached hydrogen (secondary N) is 1. The second-order valence-corrected chi connectivity index (χ2v) is 7.77. The van der Waals surface area contributed by atoms with Crippen molar-refractivity contribution >= 4 is 11.9 Å². The Morgan fingerprint density at radius 1 is 1.00 bits per heavy atom. The zero-order valence-corrected chi connectivity index (χ0v) is 17.0. The van der Waals surface area contributed by atoms with Gasteiger partial charge in [-0.1, -0.05) is 30.3 Å². The number of rotatable bonds is 7. The third-order valence-electron chi connectivity index (χ3n) is 5.56. The molecule has 0 aromatic heterocycles. The van der Waals surface area contributed by atoms with Crippen molar-refractivity contribution in [3.8, 4) is 5.75 Å². The zero-order valence-electron chi connectivity index (χ0n) is 17.0. The number of urea groups is 1. The molecule has 0 saturated carbocycles. The van der Waals surface area contributed by atoms with E-state index in [4.69, 9.17) is 4.74 Å². The summed E-state index contributed by atoms with van der Waals surface area (Å²) in [6.07, 6.45) is 2.26. The van der Waals surface area contributed by atoms with Crippen LogP contribution < -0.4 is 10.1 Å². The molecule has 148 valence electrons. The van der Waals surface area contributed by atoms with Crippen molar-refractivity contribution in [1.29, 1.82) is 0 Å². The average molecular weight is 380 g/mol. The number of imide groups is 1. The molecule has 0 bridgehead atoms. The number of methoxy groups -OCH3 is 1. The molecule has 2 aromatic carbocycles. The normalized spacial score (nSPS) is 19.1. The molecule has 5 heteroatoms. The summed E-state index contributed by atoms with van der Waals surface area (Å²) in [7, 11) is 1.65. The summed E-state index contributed by atoms with van der Waals surface area (Å²) in [6.45, 7) is 6.21. The highest BCUT2D eigenvalue weighted by Gasteiger charge is 2.47. The van der Waals surface area contributed by atoms with Crippen LogP contribution in [0.15, 0.2) is 42.5 Å². The number of aryl methyl sites for hydroxylation is 3. The smallest absolute Gasteiger partial charge is 0.325 e. The van der Waals surface area contributed by atoms with Gasteiger partial charge in [-0.2, -0.15) is 0 Å². The number of ether oxygens (including phenoxy) is 1. The zero-order chi connectivity index (χ0) is 20.3. The first kappa shape index (κ1) is 19.9. The lowest BCUT2D eigenvalue weighted by Crippen LogP contribution is -2.43. The molecule has 1 aliphatic rings. The average Bonchev–Trinajstić information content (AvgIpc) is 2.88. The number of nitrogens with zero attached hydrogens (tertiary/aromatic N) is 1. The highest BCUT2D eigenvalue weighted by molar-refractivity contribution is 6.06. The fourth-order valence-electron chi connectivity index (χ4n) is 3.58. The standard InChI is InChI=1S/C23H28N2O3/c1-16-7-8-19(14-17(16)2)15-25-21(26)23(3,24-22(25)27)13-5-6-18-9-11-20(28-4)12-10-18/h7-12,14H,5-6,13,15H2,1-4H3,(H,24,27). The fraction of sp³-hybridized carbons (Fsp3) is 0.391. The first-order valence-electron chi connectivity index (χ1n) is 9.65. The number of carbonyl (C=O) groups is 2. The Hall–Kier alpha value is -2.82. The van der Waals surface area contributed by atoms with Crippen molar-refractivity contribution in [2.45, 2.75) is 52.1 Å². The topological polar surface area (TPSA) is 58.6 Å². The Bertz CT molecular complexity index is 876. The Morgan fingerprint density at radius 2 is 1.68 bits per heavy atom. The minimum atomic E-state index is -0.844. The van der Waals surface area contributed by atoms with E-state index in [1.807, 2.05) is 63.2 Å². The highest BCUT2D eigenvalue weighted by atomic mass is 16.5. The second kappa shape index (κ2) is 8.05. The van der Waals surface area contributed by atoms with E-state index in [9.17, 15) is 9.59 Å². The van der Waals surface area contributed by atoms with Gasteiger partial charge in [-0.15, -0.1) is 0 Å². The van der Waals surface area contributed by atoms with Crippen LogP contribution in [0.25, 0.3) is 0 Å². The molecule has 5 nitrogen and oxygen atoms in total. The monoisotopic (exact) mass is 380 g/mol. The molecule has 0 aliphatic carbocycles. The number of benzene rings is 2. The van der Waals surface area contributed by atoms with Crippen LogP contribution in [-0.4, -0.2) is 29.5 Å². The third-order valence-corrected chi connectivity index (χ3v) is 5.56. The van der Waals surface area contributed by atoms with Gasteiger partial charge in [0, 0.05) is 0 Å². The molecule has 3 amide bonds. The van der Waals surface area contributed by atoms with Gasteiger partial charge < -0.3 is 10.1 Å². The van der Waals surface area contributed by atoms with Gasteiger partial charge in [0.25, 0.3) is 5.91 Å². The van der Waals surface area contributed by atoms with Crippen molar-refractivity contribution in [3.05, 3.63) is 64.7 Å². The summed E-state index contributed by atoms with van der Waals surface area (Å²) >= 11 is 0. The highest BCUT2D eigenvalue weighted by Crippen LogP contribution is 2.26. The van der Waals surface area contributed by atoms with E-state index in [2.05, 4.69) is 5.32 Å². The molecule has 0 spiro atoms. The largest absolute Gasteiger partial charge is 0.497 e. The minimum Gasteiger partial charge on any atom is -0.497 e. The lowest BCUT2D eigenvalue weighted by atomic mass is 9.93. The van der Waals surface area contributed by atoms with E-state index in [0.29, 0.717) is 13.0 Å². The van der Waals surface area contributed by atoms with Crippen LogP contribution in [0.5, 0.6) is 5.75 Å². The van der Waals surface area contributed by atoms with Crippen LogP contribution in [0, 0.1) is 13.8 Å². The summed E-state index contributed by atoms with van der Waals surface area (Å²) in [6, 6.07) is 13.7. The first-order valence-corrected chi connectivity index (χ1v) is 9.65. The van der Waals surface area contributed by atoms with Crippen molar-refractivity contribution in [1.82, 2.24) is 10.2 Å². The van der Waals surface area contributed by atoms with Gasteiger partial charge in [-0.05, 0) is 74.4 Å². The molecule has 1 unspecified atom stereocenters. The van der Waals surface area contributed by atoms with Crippen LogP contribution in [0.3, 0.4) is 0 Å². The fourth-order valence-corrected chi connectivity index (χ4v) is 3.58. The van der Waals surface area contributed by atoms with E-state index in [-0.39, 0.29) is 11.9 Å². The molecular formula is C23H28N2O3. The summed E-state index contributed by atoms with van der Waals surface area (Å²) in [4.78, 5) is 26.7. The van der Waals surface area contributed by atoms with Crippen molar-refractivity contribution in [2.24, 2.45) is 0 Å². The molecule has 1 fully saturated rings. The van der Waals surface area contributed by atoms with Crippen LogP contribution in [0.4, 0.5) is 4.79 Å². The Kier molecular flexibility index (Phi) is 5.73. The van der Waals surface area contributed by atoms with Gasteiger partial charge in [0.1, 0.15) is 11.3 Å². The molecule has 0 radical (unpaired) electrons. The molecule has 28 heavy (non-hydrogen) atoms. The van der Waals surface area contributed by atoms with E-state index < -0.39 is 5.54 Å².